The van der Waals surface area contributed by atoms with Crippen molar-refractivity contribution in [2.75, 3.05) is 30.0 Å². The molecule has 0 atom stereocenters. The molecule has 0 fully saturated rings. The fourth-order valence-electron chi connectivity index (χ4n) is 2.67. The van der Waals surface area contributed by atoms with Gasteiger partial charge in [-0.25, -0.2) is 0 Å². The average molecular weight is 340 g/mol. The Labute approximate surface area is 146 Å². The zero-order valence-electron chi connectivity index (χ0n) is 14.2. The van der Waals surface area contributed by atoms with Gasteiger partial charge in [0.2, 0.25) is 5.91 Å². The molecule has 0 bridgehead atoms. The average Bonchev–Trinajstić information content (AvgIpc) is 2.59. The van der Waals surface area contributed by atoms with Crippen LogP contribution in [0.3, 0.4) is 0 Å². The predicted molar refractivity (Wildman–Crippen MR) is 95.3 cm³/mol. The quantitative estimate of drug-likeness (QED) is 0.929. The third-order valence-electron chi connectivity index (χ3n) is 3.85. The molecule has 1 aliphatic rings. The first kappa shape index (κ1) is 16.8. The number of amides is 2. The largest absolute Gasteiger partial charge is 0.490 e. The van der Waals surface area contributed by atoms with Crippen molar-refractivity contribution in [3.63, 3.8) is 0 Å². The third kappa shape index (κ3) is 4.09. The van der Waals surface area contributed by atoms with Crippen LogP contribution in [-0.2, 0) is 9.59 Å². The Balaban J connectivity index is 1.65. The van der Waals surface area contributed by atoms with Crippen LogP contribution in [0.4, 0.5) is 11.4 Å². The molecule has 2 aromatic rings. The zero-order valence-corrected chi connectivity index (χ0v) is 14.2. The van der Waals surface area contributed by atoms with Crippen molar-refractivity contribution in [2.45, 2.75) is 13.8 Å². The smallest absolute Gasteiger partial charge is 0.262 e. The fourth-order valence-corrected chi connectivity index (χ4v) is 2.67. The van der Waals surface area contributed by atoms with Gasteiger partial charge in [0.1, 0.15) is 18.1 Å². The van der Waals surface area contributed by atoms with E-state index in [1.54, 1.807) is 29.2 Å². The van der Waals surface area contributed by atoms with Gasteiger partial charge in [0.05, 0.1) is 12.2 Å². The first-order valence-electron chi connectivity index (χ1n) is 8.07. The van der Waals surface area contributed by atoms with Crippen molar-refractivity contribution in [1.82, 2.24) is 0 Å². The summed E-state index contributed by atoms with van der Waals surface area (Å²) in [5.74, 6) is 0.954. The van der Waals surface area contributed by atoms with E-state index in [0.717, 1.165) is 5.56 Å². The highest BCUT2D eigenvalue weighted by molar-refractivity contribution is 5.96. The minimum absolute atomic E-state index is 0.0594. The summed E-state index contributed by atoms with van der Waals surface area (Å²) in [5, 5.41) is 2.78. The molecular formula is C19H20N2O4. The van der Waals surface area contributed by atoms with Gasteiger partial charge in [0.15, 0.2) is 6.61 Å². The van der Waals surface area contributed by atoms with Crippen LogP contribution in [0.2, 0.25) is 0 Å². The van der Waals surface area contributed by atoms with Crippen LogP contribution < -0.4 is 19.7 Å². The summed E-state index contributed by atoms with van der Waals surface area (Å²) in [6, 6.07) is 12.7. The van der Waals surface area contributed by atoms with Gasteiger partial charge in [-0.15, -0.1) is 0 Å². The third-order valence-corrected chi connectivity index (χ3v) is 3.85. The molecule has 0 spiro atoms. The van der Waals surface area contributed by atoms with E-state index in [1.165, 1.54) is 6.92 Å². The first-order chi connectivity index (χ1) is 12.0. The lowest BCUT2D eigenvalue weighted by atomic mass is 10.2. The summed E-state index contributed by atoms with van der Waals surface area (Å²) in [7, 11) is 0. The lowest BCUT2D eigenvalue weighted by Gasteiger charge is -2.29. The summed E-state index contributed by atoms with van der Waals surface area (Å²) in [6.07, 6.45) is 0. The van der Waals surface area contributed by atoms with Gasteiger partial charge < -0.3 is 19.7 Å². The lowest BCUT2D eigenvalue weighted by molar-refractivity contribution is -0.118. The molecule has 2 amide bonds. The van der Waals surface area contributed by atoms with Gasteiger partial charge in [-0.05, 0) is 42.8 Å². The Morgan fingerprint density at radius 2 is 2.08 bits per heavy atom. The molecule has 3 rings (SSSR count). The number of nitrogens with one attached hydrogen (secondary N) is 1. The number of hydrogen-bond acceptors (Lipinski definition) is 4. The number of fused-ring (bicyclic) bond motifs is 1. The van der Waals surface area contributed by atoms with Crippen LogP contribution in [-0.4, -0.2) is 31.6 Å². The summed E-state index contributed by atoms with van der Waals surface area (Å²) in [5.41, 5.74) is 2.32. The van der Waals surface area contributed by atoms with Crippen LogP contribution >= 0.6 is 0 Å². The van der Waals surface area contributed by atoms with Crippen molar-refractivity contribution < 1.29 is 19.1 Å². The monoisotopic (exact) mass is 340 g/mol. The van der Waals surface area contributed by atoms with Crippen LogP contribution in [0.25, 0.3) is 0 Å². The number of rotatable bonds is 4. The first-order valence-corrected chi connectivity index (χ1v) is 8.07. The van der Waals surface area contributed by atoms with Gasteiger partial charge >= 0.3 is 0 Å². The highest BCUT2D eigenvalue weighted by Crippen LogP contribution is 2.34. The summed E-state index contributed by atoms with van der Waals surface area (Å²) in [6.45, 7) is 4.34. The van der Waals surface area contributed by atoms with Crippen LogP contribution in [0.5, 0.6) is 11.5 Å². The molecule has 130 valence electrons. The molecule has 0 saturated carbocycles. The topological polar surface area (TPSA) is 67.9 Å². The molecule has 1 heterocycles. The predicted octanol–water partition coefficient (Wildman–Crippen LogP) is 2.76. The van der Waals surface area contributed by atoms with E-state index in [9.17, 15) is 9.59 Å². The van der Waals surface area contributed by atoms with Crippen molar-refractivity contribution in [3.05, 3.63) is 48.0 Å². The van der Waals surface area contributed by atoms with Crippen LogP contribution in [0.1, 0.15) is 12.5 Å². The van der Waals surface area contributed by atoms with E-state index in [4.69, 9.17) is 9.47 Å². The highest BCUT2D eigenvalue weighted by atomic mass is 16.5. The van der Waals surface area contributed by atoms with Gasteiger partial charge in [0, 0.05) is 12.6 Å². The number of carbonyl (C=O) groups is 2. The molecule has 0 aromatic heterocycles. The molecule has 1 aliphatic heterocycles. The minimum Gasteiger partial charge on any atom is -0.490 e. The molecule has 6 heteroatoms. The minimum atomic E-state index is -0.271. The Morgan fingerprint density at radius 3 is 2.84 bits per heavy atom. The molecule has 1 N–H and O–H groups in total. The Bertz CT molecular complexity index is 804. The van der Waals surface area contributed by atoms with Crippen molar-refractivity contribution >= 4 is 23.2 Å². The van der Waals surface area contributed by atoms with Crippen molar-refractivity contribution in [1.29, 1.82) is 0 Å². The number of carbonyl (C=O) groups excluding carboxylic acids is 2. The SMILES string of the molecule is CC(=O)N1CCOc2ccc(NC(=O)COc3cccc(C)c3)cc21. The van der Waals surface area contributed by atoms with Gasteiger partial charge in [-0.3, -0.25) is 9.59 Å². The molecule has 6 nitrogen and oxygen atoms in total. The van der Waals surface area contributed by atoms with E-state index in [0.29, 0.717) is 36.0 Å². The number of hydrogen-bond donors (Lipinski definition) is 1. The summed E-state index contributed by atoms with van der Waals surface area (Å²) >= 11 is 0. The van der Waals surface area contributed by atoms with Gasteiger partial charge in [-0.2, -0.15) is 0 Å². The summed E-state index contributed by atoms with van der Waals surface area (Å²) < 4.78 is 11.0. The van der Waals surface area contributed by atoms with Crippen molar-refractivity contribution in [3.8, 4) is 11.5 Å². The van der Waals surface area contributed by atoms with E-state index in [2.05, 4.69) is 5.32 Å². The Morgan fingerprint density at radius 1 is 1.24 bits per heavy atom. The van der Waals surface area contributed by atoms with E-state index in [-0.39, 0.29) is 18.4 Å². The maximum atomic E-state index is 12.1. The second-order valence-corrected chi connectivity index (χ2v) is 5.85. The number of nitrogens with zero attached hydrogens (tertiary/aromatic N) is 1. The van der Waals surface area contributed by atoms with E-state index < -0.39 is 0 Å². The van der Waals surface area contributed by atoms with Crippen molar-refractivity contribution in [2.24, 2.45) is 0 Å². The number of aryl methyl sites for hydroxylation is 1. The molecule has 25 heavy (non-hydrogen) atoms. The van der Waals surface area contributed by atoms with Gasteiger partial charge in [-0.1, -0.05) is 12.1 Å². The molecule has 0 radical (unpaired) electrons. The van der Waals surface area contributed by atoms with E-state index in [1.807, 2.05) is 25.1 Å². The second-order valence-electron chi connectivity index (χ2n) is 5.85. The maximum absolute atomic E-state index is 12.1. The zero-order chi connectivity index (χ0) is 17.8. The number of benzene rings is 2. The molecule has 0 unspecified atom stereocenters. The van der Waals surface area contributed by atoms with Crippen LogP contribution in [0, 0.1) is 6.92 Å². The van der Waals surface area contributed by atoms with E-state index >= 15 is 0 Å². The number of ether oxygens (including phenoxy) is 2. The second kappa shape index (κ2) is 7.25. The molecule has 0 aliphatic carbocycles. The Kier molecular flexibility index (Phi) is 4.88. The highest BCUT2D eigenvalue weighted by Gasteiger charge is 2.21. The summed E-state index contributed by atoms with van der Waals surface area (Å²) in [4.78, 5) is 25.5. The standard InChI is InChI=1S/C19H20N2O4/c1-13-4-3-5-16(10-13)25-12-19(23)20-15-6-7-18-17(11-15)21(14(2)22)8-9-24-18/h3-7,10-11H,8-9,12H2,1-2H3,(H,20,23). The maximum Gasteiger partial charge on any atom is 0.262 e. The molecule has 0 saturated heterocycles. The normalized spacial score (nSPS) is 12.8. The fraction of sp³-hybridized carbons (Fsp3) is 0.263. The van der Waals surface area contributed by atoms with Gasteiger partial charge in [0.25, 0.3) is 5.91 Å². The number of anilines is 2. The molecular weight excluding hydrogens is 320 g/mol. The lowest BCUT2D eigenvalue weighted by Crippen LogP contribution is -2.36. The molecule has 2 aromatic carbocycles. The Hall–Kier alpha value is -3.02. The van der Waals surface area contributed by atoms with Crippen LogP contribution in [0.15, 0.2) is 42.5 Å².